The largest absolute Gasteiger partial charge is 0.417 e. The van der Waals surface area contributed by atoms with E-state index in [2.05, 4.69) is 20.1 Å². The number of fused-ring (bicyclic) bond motifs is 2. The van der Waals surface area contributed by atoms with Crippen LogP contribution in [0.5, 0.6) is 0 Å². The highest BCUT2D eigenvalue weighted by molar-refractivity contribution is 7.17. The summed E-state index contributed by atoms with van der Waals surface area (Å²) in [7, 11) is 0. The van der Waals surface area contributed by atoms with E-state index in [0.717, 1.165) is 47.6 Å². The van der Waals surface area contributed by atoms with Crippen LogP contribution in [0.1, 0.15) is 30.1 Å². The predicted octanol–water partition coefficient (Wildman–Crippen LogP) is 4.74. The number of aromatic nitrogens is 4. The average Bonchev–Trinajstić information content (AvgIpc) is 3.33. The van der Waals surface area contributed by atoms with Crippen LogP contribution in [-0.4, -0.2) is 32.7 Å². The van der Waals surface area contributed by atoms with E-state index in [1.54, 1.807) is 17.5 Å². The van der Waals surface area contributed by atoms with Gasteiger partial charge in [-0.15, -0.1) is 21.5 Å². The number of halogens is 3. The van der Waals surface area contributed by atoms with Crippen molar-refractivity contribution in [2.45, 2.75) is 24.9 Å². The van der Waals surface area contributed by atoms with Crippen molar-refractivity contribution in [3.8, 4) is 0 Å². The van der Waals surface area contributed by atoms with Crippen LogP contribution in [0.3, 0.4) is 0 Å². The molecule has 1 aliphatic heterocycles. The number of rotatable bonds is 2. The Kier molecular flexibility index (Phi) is 4.01. The lowest BCUT2D eigenvalue weighted by Crippen LogP contribution is -2.35. The molecular weight excluding hydrogens is 387 g/mol. The van der Waals surface area contributed by atoms with E-state index in [0.29, 0.717) is 18.0 Å². The second kappa shape index (κ2) is 6.44. The summed E-state index contributed by atoms with van der Waals surface area (Å²) >= 11 is 1.65. The van der Waals surface area contributed by atoms with Gasteiger partial charge in [0.15, 0.2) is 5.65 Å². The molecule has 1 atom stereocenters. The Hall–Kier alpha value is -2.68. The summed E-state index contributed by atoms with van der Waals surface area (Å²) in [6, 6.07) is 6.42. The number of pyridine rings is 2. The first-order valence-electron chi connectivity index (χ1n) is 9.00. The molecule has 0 aliphatic carbocycles. The van der Waals surface area contributed by atoms with Gasteiger partial charge in [0.1, 0.15) is 5.82 Å². The monoisotopic (exact) mass is 403 g/mol. The molecule has 0 bridgehead atoms. The molecule has 1 aliphatic rings. The van der Waals surface area contributed by atoms with E-state index in [-0.39, 0.29) is 5.92 Å². The van der Waals surface area contributed by atoms with Gasteiger partial charge in [0, 0.05) is 31.4 Å². The van der Waals surface area contributed by atoms with Gasteiger partial charge in [-0.05, 0) is 42.5 Å². The van der Waals surface area contributed by atoms with Crippen molar-refractivity contribution >= 4 is 32.9 Å². The van der Waals surface area contributed by atoms with Gasteiger partial charge in [-0.25, -0.2) is 0 Å². The second-order valence-electron chi connectivity index (χ2n) is 6.95. The Morgan fingerprint density at radius 1 is 1.11 bits per heavy atom. The summed E-state index contributed by atoms with van der Waals surface area (Å²) < 4.78 is 42.0. The second-order valence-corrected chi connectivity index (χ2v) is 7.87. The van der Waals surface area contributed by atoms with Crippen molar-refractivity contribution in [3.05, 3.63) is 53.4 Å². The van der Waals surface area contributed by atoms with Crippen LogP contribution >= 0.6 is 11.3 Å². The first-order valence-corrected chi connectivity index (χ1v) is 9.88. The van der Waals surface area contributed by atoms with Crippen molar-refractivity contribution < 1.29 is 13.2 Å². The number of thiophene rings is 1. The Morgan fingerprint density at radius 2 is 2.00 bits per heavy atom. The minimum atomic E-state index is -4.39. The van der Waals surface area contributed by atoms with E-state index < -0.39 is 11.7 Å². The molecule has 0 spiro atoms. The maximum atomic E-state index is 13.1. The highest BCUT2D eigenvalue weighted by Gasteiger charge is 2.32. The lowest BCUT2D eigenvalue weighted by Gasteiger charge is -2.33. The van der Waals surface area contributed by atoms with Gasteiger partial charge in [-0.1, -0.05) is 0 Å². The van der Waals surface area contributed by atoms with Gasteiger partial charge >= 0.3 is 6.18 Å². The third-order valence-corrected chi connectivity index (χ3v) is 6.13. The molecule has 0 aromatic carbocycles. The SMILES string of the molecule is FC(F)(F)c1ccc2nnc(C3CCCN(c4ccnc5ccsc45)C3)n2c1. The predicted molar refractivity (Wildman–Crippen MR) is 102 cm³/mol. The minimum absolute atomic E-state index is 0.00964. The Bertz CT molecular complexity index is 1150. The Balaban J connectivity index is 1.51. The van der Waals surface area contributed by atoms with Crippen LogP contribution in [0.4, 0.5) is 18.9 Å². The van der Waals surface area contributed by atoms with Crippen LogP contribution in [0, 0.1) is 0 Å². The Morgan fingerprint density at radius 3 is 2.86 bits per heavy atom. The molecule has 1 unspecified atom stereocenters. The number of anilines is 1. The zero-order chi connectivity index (χ0) is 19.3. The topological polar surface area (TPSA) is 46.3 Å². The zero-order valence-electron chi connectivity index (χ0n) is 14.7. The molecule has 5 heterocycles. The molecule has 4 aromatic heterocycles. The Labute approximate surface area is 162 Å². The van der Waals surface area contributed by atoms with Crippen molar-refractivity contribution in [3.63, 3.8) is 0 Å². The lowest BCUT2D eigenvalue weighted by atomic mass is 9.96. The molecule has 9 heteroatoms. The first kappa shape index (κ1) is 17.4. The molecule has 0 amide bonds. The number of hydrogen-bond acceptors (Lipinski definition) is 5. The summed E-state index contributed by atoms with van der Waals surface area (Å²) in [5, 5.41) is 10.3. The van der Waals surface area contributed by atoms with Gasteiger partial charge in [-0.2, -0.15) is 13.2 Å². The minimum Gasteiger partial charge on any atom is -0.370 e. The highest BCUT2D eigenvalue weighted by Crippen LogP contribution is 2.35. The molecule has 1 fully saturated rings. The van der Waals surface area contributed by atoms with E-state index >= 15 is 0 Å². The van der Waals surface area contributed by atoms with E-state index in [9.17, 15) is 13.2 Å². The normalized spacial score (nSPS) is 18.2. The summed E-state index contributed by atoms with van der Waals surface area (Å²) in [5.41, 5.74) is 1.83. The summed E-state index contributed by atoms with van der Waals surface area (Å²) in [4.78, 5) is 6.67. The molecule has 5 rings (SSSR count). The number of alkyl halides is 3. The lowest BCUT2D eigenvalue weighted by molar-refractivity contribution is -0.137. The maximum Gasteiger partial charge on any atom is 0.417 e. The van der Waals surface area contributed by atoms with Gasteiger partial charge in [0.25, 0.3) is 0 Å². The quantitative estimate of drug-likeness (QED) is 0.485. The zero-order valence-corrected chi connectivity index (χ0v) is 15.5. The molecule has 28 heavy (non-hydrogen) atoms. The van der Waals surface area contributed by atoms with Gasteiger partial charge in [0.05, 0.1) is 21.5 Å². The van der Waals surface area contributed by atoms with Crippen LogP contribution < -0.4 is 4.90 Å². The molecule has 4 aromatic rings. The van der Waals surface area contributed by atoms with E-state index in [1.165, 1.54) is 10.5 Å². The van der Waals surface area contributed by atoms with Gasteiger partial charge in [0.2, 0.25) is 0 Å². The van der Waals surface area contributed by atoms with Crippen molar-refractivity contribution in [1.82, 2.24) is 19.6 Å². The van der Waals surface area contributed by atoms with Crippen molar-refractivity contribution in [2.24, 2.45) is 0 Å². The summed E-state index contributed by atoms with van der Waals surface area (Å²) in [5.74, 6) is 0.595. The molecule has 0 saturated carbocycles. The standard InChI is InChI=1S/C19H16F3N5S/c20-19(21,22)13-3-4-16-24-25-18(27(16)11-13)12-2-1-8-26(10-12)15-5-7-23-14-6-9-28-17(14)15/h3-7,9,11-12H,1-2,8,10H2. The maximum absolute atomic E-state index is 13.1. The fraction of sp³-hybridized carbons (Fsp3) is 0.316. The van der Waals surface area contributed by atoms with Crippen LogP contribution in [0.2, 0.25) is 0 Å². The highest BCUT2D eigenvalue weighted by atomic mass is 32.1. The fourth-order valence-electron chi connectivity index (χ4n) is 3.87. The molecule has 5 nitrogen and oxygen atoms in total. The smallest absolute Gasteiger partial charge is 0.370 e. The van der Waals surface area contributed by atoms with Crippen LogP contribution in [-0.2, 0) is 6.18 Å². The number of nitrogens with zero attached hydrogens (tertiary/aromatic N) is 5. The first-order chi connectivity index (χ1) is 13.5. The number of piperidine rings is 1. The molecular formula is C19H16F3N5S. The average molecular weight is 403 g/mol. The van der Waals surface area contributed by atoms with Gasteiger partial charge < -0.3 is 4.90 Å². The van der Waals surface area contributed by atoms with Crippen LogP contribution in [0.15, 0.2) is 42.0 Å². The molecule has 1 saturated heterocycles. The van der Waals surface area contributed by atoms with Gasteiger partial charge in [-0.3, -0.25) is 9.38 Å². The molecule has 0 N–H and O–H groups in total. The van der Waals surface area contributed by atoms with Crippen molar-refractivity contribution in [1.29, 1.82) is 0 Å². The molecule has 0 radical (unpaired) electrons. The van der Waals surface area contributed by atoms with Crippen LogP contribution in [0.25, 0.3) is 15.9 Å². The summed E-state index contributed by atoms with van der Waals surface area (Å²) in [6.07, 6.45) is 0.319. The number of hydrogen-bond donors (Lipinski definition) is 0. The van der Waals surface area contributed by atoms with E-state index in [4.69, 9.17) is 0 Å². The van der Waals surface area contributed by atoms with E-state index in [1.807, 2.05) is 17.5 Å². The molecule has 144 valence electrons. The third kappa shape index (κ3) is 2.90. The van der Waals surface area contributed by atoms with Crippen molar-refractivity contribution in [2.75, 3.05) is 18.0 Å². The third-order valence-electron chi connectivity index (χ3n) is 5.21. The fourth-order valence-corrected chi connectivity index (χ4v) is 4.76. The summed E-state index contributed by atoms with van der Waals surface area (Å²) in [6.45, 7) is 1.59.